The van der Waals surface area contributed by atoms with Gasteiger partial charge in [0, 0.05) is 29.3 Å². The van der Waals surface area contributed by atoms with Gasteiger partial charge in [0.15, 0.2) is 0 Å². The number of nitrogens with two attached hydrogens (primary N) is 2. The summed E-state index contributed by atoms with van der Waals surface area (Å²) in [6.07, 6.45) is -3.91. The summed E-state index contributed by atoms with van der Waals surface area (Å²) in [7, 11) is 0. The number of carbonyl (C=O) groups excluding carboxylic acids is 4. The molecule has 0 aromatic heterocycles. The van der Waals surface area contributed by atoms with E-state index >= 15 is 0 Å². The van der Waals surface area contributed by atoms with Crippen LogP contribution in [0.2, 0.25) is 0 Å². The molecule has 0 aliphatic heterocycles. The molecule has 1 fully saturated rings. The molecule has 4 N–H and O–H groups in total. The first-order valence-electron chi connectivity index (χ1n) is 7.25. The van der Waals surface area contributed by atoms with Crippen LogP contribution in [0.5, 0.6) is 0 Å². The van der Waals surface area contributed by atoms with Crippen molar-refractivity contribution in [1.82, 2.24) is 0 Å². The van der Waals surface area contributed by atoms with Gasteiger partial charge < -0.3 is 51.1 Å². The van der Waals surface area contributed by atoms with Crippen molar-refractivity contribution in [2.45, 2.75) is 50.6 Å². The van der Waals surface area contributed by atoms with Gasteiger partial charge in [-0.3, -0.25) is 0 Å². The number of hydrogen-bond donors (Lipinski definition) is 2. The Morgan fingerprint density at radius 2 is 1.04 bits per heavy atom. The number of hydrogen-bond acceptors (Lipinski definition) is 10. The molecule has 0 aromatic carbocycles. The summed E-state index contributed by atoms with van der Waals surface area (Å²) >= 11 is 0. The molecule has 1 rings (SSSR count). The van der Waals surface area contributed by atoms with Crippen molar-refractivity contribution in [3.63, 3.8) is 0 Å². The average Bonchev–Trinajstić information content (AvgIpc) is 2.32. The molecule has 12 heteroatoms. The third-order valence-corrected chi connectivity index (χ3v) is 5.01. The summed E-state index contributed by atoms with van der Waals surface area (Å²) in [6, 6.07) is 0. The average molecular weight is 743 g/mol. The molecule has 1 aliphatic rings. The zero-order valence-corrected chi connectivity index (χ0v) is 25.3. The topological polar surface area (TPSA) is 213 Å². The van der Waals surface area contributed by atoms with Gasteiger partial charge in [-0.2, -0.15) is 0 Å². The number of rotatable bonds is 8. The van der Waals surface area contributed by atoms with Crippen LogP contribution >= 0.6 is 0 Å². The van der Waals surface area contributed by atoms with Crippen LogP contribution in [0, 0.1) is 10.8 Å². The van der Waals surface area contributed by atoms with E-state index in [-0.39, 0.29) is 74.6 Å². The predicted molar refractivity (Wildman–Crippen MR) is 68.3 cm³/mol. The van der Waals surface area contributed by atoms with Crippen molar-refractivity contribution in [3.05, 3.63) is 0 Å². The zero-order chi connectivity index (χ0) is 18.8. The van der Waals surface area contributed by atoms with Gasteiger partial charge in [-0.05, 0) is 50.4 Å². The fraction of sp³-hybridized carbons (Fsp3) is 0.714. The molecular formula is C14H18Hg2N2O8. The van der Waals surface area contributed by atoms with Crippen LogP contribution < -0.4 is 31.9 Å². The summed E-state index contributed by atoms with van der Waals surface area (Å²) in [4.78, 5) is 44.9. The summed E-state index contributed by atoms with van der Waals surface area (Å²) in [6.45, 7) is 0. The Labute approximate surface area is 190 Å². The van der Waals surface area contributed by atoms with Gasteiger partial charge in [0.05, 0.1) is 5.66 Å². The van der Waals surface area contributed by atoms with Crippen molar-refractivity contribution >= 4 is 23.9 Å². The second-order valence-corrected chi connectivity index (χ2v) is 6.45. The molecule has 0 heterocycles. The summed E-state index contributed by atoms with van der Waals surface area (Å²) in [5.41, 5.74) is 5.94. The Morgan fingerprint density at radius 1 is 0.692 bits per heavy atom. The molecule has 0 aromatic rings. The molecule has 0 saturated heterocycles. The molecule has 26 heavy (non-hydrogen) atoms. The molecule has 0 spiro atoms. The van der Waals surface area contributed by atoms with Crippen molar-refractivity contribution in [2.75, 3.05) is 0 Å². The van der Waals surface area contributed by atoms with Crippen molar-refractivity contribution < 1.29 is 94.9 Å². The van der Waals surface area contributed by atoms with E-state index in [2.05, 4.69) is 0 Å². The van der Waals surface area contributed by atoms with Crippen molar-refractivity contribution in [3.8, 4) is 0 Å². The van der Waals surface area contributed by atoms with E-state index in [1.54, 1.807) is 0 Å². The molecule has 0 bridgehead atoms. The van der Waals surface area contributed by atoms with E-state index < -0.39 is 66.1 Å². The smallest absolute Gasteiger partial charge is 0.550 e. The second kappa shape index (κ2) is 10.3. The number of carboxylic acid groups (broad SMARTS) is 4. The summed E-state index contributed by atoms with van der Waals surface area (Å²) in [5.74, 6) is -6.84. The quantitative estimate of drug-likeness (QED) is 0.178. The molecule has 0 radical (unpaired) electrons. The molecule has 1 saturated carbocycles. The first-order valence-corrected chi connectivity index (χ1v) is 7.25. The van der Waals surface area contributed by atoms with E-state index in [0.717, 1.165) is 0 Å². The molecule has 1 aliphatic carbocycles. The third kappa shape index (κ3) is 5.83. The van der Waals surface area contributed by atoms with Crippen LogP contribution in [0.3, 0.4) is 0 Å². The van der Waals surface area contributed by atoms with E-state index in [1.165, 1.54) is 0 Å². The van der Waals surface area contributed by atoms with Crippen molar-refractivity contribution in [2.24, 2.45) is 22.3 Å². The SMILES string of the molecule is NC1(N)CCCC(CC(=O)[O-])(CC(=O)[O-])C1(CC(=O)[O-])CC(=O)[O-].[Hg+2].[Hg+2]. The second-order valence-electron chi connectivity index (χ2n) is 6.45. The summed E-state index contributed by atoms with van der Waals surface area (Å²) < 4.78 is 0. The maximum atomic E-state index is 11.2. The standard InChI is InChI=1S/C14H22N2O8.2Hg/c15-14(16)3-1-2-12(4-8(17)18,5-9(19)20)13(14,6-10(21)22)7-11(23)24;;/h1-7,15-16H2,(H,17,18)(H,19,20)(H,21,22)(H,23,24);;/q;2*+2/p-4. The van der Waals surface area contributed by atoms with Crippen LogP contribution in [0.1, 0.15) is 44.9 Å². The Bertz CT molecular complexity index is 535. The normalized spacial score (nSPS) is 19.3. The summed E-state index contributed by atoms with van der Waals surface area (Å²) in [5, 5.41) is 44.9. The van der Waals surface area contributed by atoms with E-state index in [9.17, 15) is 39.6 Å². The Balaban J connectivity index is 0. The Morgan fingerprint density at radius 3 is 1.35 bits per heavy atom. The molecule has 10 nitrogen and oxygen atoms in total. The molecular weight excluding hydrogens is 725 g/mol. The van der Waals surface area contributed by atoms with Gasteiger partial charge in [0.1, 0.15) is 0 Å². The fourth-order valence-electron chi connectivity index (χ4n) is 4.08. The van der Waals surface area contributed by atoms with Gasteiger partial charge in [0.2, 0.25) is 0 Å². The number of carboxylic acids is 4. The maximum absolute atomic E-state index is 11.2. The van der Waals surface area contributed by atoms with Crippen LogP contribution in [0.15, 0.2) is 0 Å². The number of aliphatic carboxylic acids is 4. The van der Waals surface area contributed by atoms with E-state index in [0.29, 0.717) is 0 Å². The van der Waals surface area contributed by atoms with Gasteiger partial charge in [-0.1, -0.05) is 0 Å². The molecule has 0 unspecified atom stereocenters. The first kappa shape index (κ1) is 27.9. The van der Waals surface area contributed by atoms with Crippen LogP contribution in [-0.2, 0) is 74.5 Å². The van der Waals surface area contributed by atoms with Crippen LogP contribution in [0.4, 0.5) is 0 Å². The monoisotopic (exact) mass is 746 g/mol. The van der Waals surface area contributed by atoms with Crippen LogP contribution in [-0.4, -0.2) is 29.5 Å². The number of carbonyl (C=O) groups is 4. The van der Waals surface area contributed by atoms with Gasteiger partial charge in [0.25, 0.3) is 0 Å². The largest absolute Gasteiger partial charge is 2.00 e. The zero-order valence-electron chi connectivity index (χ0n) is 14.3. The van der Waals surface area contributed by atoms with Gasteiger partial charge in [-0.25, -0.2) is 0 Å². The molecule has 0 amide bonds. The van der Waals surface area contributed by atoms with Gasteiger partial charge >= 0.3 is 55.3 Å². The maximum Gasteiger partial charge on any atom is 2.00 e. The van der Waals surface area contributed by atoms with E-state index in [1.807, 2.05) is 0 Å². The van der Waals surface area contributed by atoms with Crippen molar-refractivity contribution in [1.29, 1.82) is 0 Å². The minimum absolute atomic E-state index is 0. The molecule has 0 atom stereocenters. The van der Waals surface area contributed by atoms with Gasteiger partial charge in [-0.15, -0.1) is 0 Å². The minimum atomic E-state index is -2.12. The predicted octanol–water partition coefficient (Wildman–Crippen LogP) is -5.69. The minimum Gasteiger partial charge on any atom is -0.550 e. The molecule has 136 valence electrons. The first-order chi connectivity index (χ1) is 10.9. The van der Waals surface area contributed by atoms with Crippen LogP contribution in [0.25, 0.3) is 0 Å². The van der Waals surface area contributed by atoms with E-state index in [4.69, 9.17) is 11.5 Å². The Kier molecular flexibility index (Phi) is 11.0. The Hall–Kier alpha value is -0.330. The third-order valence-electron chi connectivity index (χ3n) is 5.01. The fourth-order valence-corrected chi connectivity index (χ4v) is 4.08.